The van der Waals surface area contributed by atoms with Crippen LogP contribution in [0.4, 0.5) is 0 Å². The highest BCUT2D eigenvalue weighted by atomic mass is 16.7. The van der Waals surface area contributed by atoms with Crippen LogP contribution in [0.1, 0.15) is 41.5 Å². The molecule has 1 aliphatic heterocycles. The van der Waals surface area contributed by atoms with E-state index in [9.17, 15) is 0 Å². The lowest BCUT2D eigenvalue weighted by Crippen LogP contribution is -2.41. The van der Waals surface area contributed by atoms with Crippen LogP contribution in [0.15, 0.2) is 114 Å². The first kappa shape index (κ1) is 27.5. The second-order valence-corrected chi connectivity index (χ2v) is 12.0. The van der Waals surface area contributed by atoms with E-state index in [1.54, 1.807) is 0 Å². The molecule has 0 unspecified atom stereocenters. The predicted molar refractivity (Wildman–Crippen MR) is 181 cm³/mol. The standard InChI is InChI=1S/C36H30BNO3.C2H6/c1-35(2)36(3,4)41-37(40-35)29-17-11-19-32-33(29)27-16-10-15-25(34(27)39-32)23-20-21-31-28(22-23)26-14-8-9-18-30(26)38(31)24-12-6-5-7-13-24;1-2/h5-22H,1-4H3;1-2H3. The average molecular weight is 566 g/mol. The molecule has 5 aromatic carbocycles. The molecule has 5 heteroatoms. The number of benzene rings is 5. The van der Waals surface area contributed by atoms with Gasteiger partial charge in [0, 0.05) is 32.8 Å². The number of fused-ring (bicyclic) bond motifs is 6. The Kier molecular flexibility index (Phi) is 6.49. The van der Waals surface area contributed by atoms with Crippen molar-refractivity contribution in [2.45, 2.75) is 52.7 Å². The van der Waals surface area contributed by atoms with Gasteiger partial charge in [-0.25, -0.2) is 0 Å². The number of rotatable bonds is 3. The summed E-state index contributed by atoms with van der Waals surface area (Å²) in [4.78, 5) is 0. The van der Waals surface area contributed by atoms with E-state index < -0.39 is 18.3 Å². The Labute approximate surface area is 253 Å². The molecule has 1 saturated heterocycles. The second-order valence-electron chi connectivity index (χ2n) is 12.0. The highest BCUT2D eigenvalue weighted by Crippen LogP contribution is 2.41. The fourth-order valence-corrected chi connectivity index (χ4v) is 6.26. The van der Waals surface area contributed by atoms with Crippen LogP contribution in [0, 0.1) is 0 Å². The lowest BCUT2D eigenvalue weighted by atomic mass is 9.76. The smallest absolute Gasteiger partial charge is 0.455 e. The molecule has 8 rings (SSSR count). The zero-order valence-corrected chi connectivity index (χ0v) is 25.6. The first-order valence-electron chi connectivity index (χ1n) is 15.2. The van der Waals surface area contributed by atoms with Crippen molar-refractivity contribution in [1.29, 1.82) is 0 Å². The lowest BCUT2D eigenvalue weighted by molar-refractivity contribution is 0.00578. The highest BCUT2D eigenvalue weighted by Gasteiger charge is 2.52. The van der Waals surface area contributed by atoms with Crippen molar-refractivity contribution < 1.29 is 13.7 Å². The zero-order valence-electron chi connectivity index (χ0n) is 25.6. The van der Waals surface area contributed by atoms with Gasteiger partial charge in [-0.1, -0.05) is 86.6 Å². The monoisotopic (exact) mass is 565 g/mol. The molecule has 3 heterocycles. The normalized spacial score (nSPS) is 15.8. The van der Waals surface area contributed by atoms with Crippen molar-refractivity contribution in [1.82, 2.24) is 4.57 Å². The SMILES string of the molecule is CC.CC1(C)OB(c2cccc3oc4c(-c5ccc6c(c5)c5ccccc5n6-c5ccccc5)cccc4c23)OC1(C)C. The van der Waals surface area contributed by atoms with Gasteiger partial charge in [0.15, 0.2) is 0 Å². The van der Waals surface area contributed by atoms with Crippen LogP contribution in [-0.4, -0.2) is 22.9 Å². The number of aromatic nitrogens is 1. The summed E-state index contributed by atoms with van der Waals surface area (Å²) in [7, 11) is -0.464. The molecular weight excluding hydrogens is 529 g/mol. The molecule has 2 aromatic heterocycles. The van der Waals surface area contributed by atoms with E-state index in [-0.39, 0.29) is 0 Å². The van der Waals surface area contributed by atoms with Crippen molar-refractivity contribution in [3.05, 3.63) is 109 Å². The van der Waals surface area contributed by atoms with Gasteiger partial charge in [-0.3, -0.25) is 0 Å². The quantitative estimate of drug-likeness (QED) is 0.200. The van der Waals surface area contributed by atoms with Gasteiger partial charge in [-0.2, -0.15) is 0 Å². The summed E-state index contributed by atoms with van der Waals surface area (Å²) in [5.41, 5.74) is 7.59. The minimum atomic E-state index is -0.464. The lowest BCUT2D eigenvalue weighted by Gasteiger charge is -2.32. The van der Waals surface area contributed by atoms with Gasteiger partial charge < -0.3 is 18.3 Å². The number of hydrogen-bond donors (Lipinski definition) is 0. The maximum absolute atomic E-state index is 6.60. The minimum absolute atomic E-state index is 0.418. The molecule has 0 bridgehead atoms. The van der Waals surface area contributed by atoms with Gasteiger partial charge in [0.25, 0.3) is 0 Å². The summed E-state index contributed by atoms with van der Waals surface area (Å²) in [5, 5.41) is 4.56. The van der Waals surface area contributed by atoms with Gasteiger partial charge in [0.2, 0.25) is 0 Å². The molecular formula is C38H36BNO3. The van der Waals surface area contributed by atoms with Gasteiger partial charge in [-0.15, -0.1) is 0 Å². The fourth-order valence-electron chi connectivity index (χ4n) is 6.26. The van der Waals surface area contributed by atoms with Crippen LogP contribution in [0.25, 0.3) is 60.6 Å². The van der Waals surface area contributed by atoms with Crippen molar-refractivity contribution in [3.63, 3.8) is 0 Å². The Morgan fingerprint density at radius 3 is 2.02 bits per heavy atom. The van der Waals surface area contributed by atoms with Crippen LogP contribution in [0.2, 0.25) is 0 Å². The maximum atomic E-state index is 6.60. The largest absolute Gasteiger partial charge is 0.495 e. The molecule has 0 saturated carbocycles. The van der Waals surface area contributed by atoms with Gasteiger partial charge in [0.1, 0.15) is 11.2 Å². The molecule has 43 heavy (non-hydrogen) atoms. The van der Waals surface area contributed by atoms with E-state index in [0.29, 0.717) is 0 Å². The molecule has 0 aliphatic carbocycles. The van der Waals surface area contributed by atoms with Crippen LogP contribution >= 0.6 is 0 Å². The Balaban J connectivity index is 0.00000147. The van der Waals surface area contributed by atoms with Crippen molar-refractivity contribution in [2.75, 3.05) is 0 Å². The summed E-state index contributed by atoms with van der Waals surface area (Å²) in [6.45, 7) is 12.3. The van der Waals surface area contributed by atoms with Gasteiger partial charge in [0.05, 0.1) is 22.2 Å². The third-order valence-electron chi connectivity index (χ3n) is 9.06. The molecule has 0 N–H and O–H groups in total. The fraction of sp³-hybridized carbons (Fsp3) is 0.211. The van der Waals surface area contributed by atoms with E-state index in [1.165, 1.54) is 21.8 Å². The Morgan fingerprint density at radius 1 is 0.605 bits per heavy atom. The van der Waals surface area contributed by atoms with E-state index in [1.807, 2.05) is 26.0 Å². The van der Waals surface area contributed by atoms with Crippen molar-refractivity contribution >= 4 is 56.3 Å². The number of hydrogen-bond acceptors (Lipinski definition) is 3. The van der Waals surface area contributed by atoms with Crippen LogP contribution in [0.5, 0.6) is 0 Å². The van der Waals surface area contributed by atoms with Crippen molar-refractivity contribution in [3.8, 4) is 16.8 Å². The predicted octanol–water partition coefficient (Wildman–Crippen LogP) is 9.68. The average Bonchev–Trinajstić information content (AvgIpc) is 3.64. The van der Waals surface area contributed by atoms with Crippen LogP contribution in [-0.2, 0) is 9.31 Å². The third-order valence-corrected chi connectivity index (χ3v) is 9.06. The molecule has 1 fully saturated rings. The van der Waals surface area contributed by atoms with E-state index in [4.69, 9.17) is 13.7 Å². The molecule has 7 aromatic rings. The molecule has 0 spiro atoms. The maximum Gasteiger partial charge on any atom is 0.495 e. The number of para-hydroxylation sites is 3. The number of furan rings is 1. The number of nitrogens with zero attached hydrogens (tertiary/aromatic N) is 1. The summed E-state index contributed by atoms with van der Waals surface area (Å²) >= 11 is 0. The first-order valence-corrected chi connectivity index (χ1v) is 15.2. The van der Waals surface area contributed by atoms with E-state index in [2.05, 4.69) is 129 Å². The third kappa shape index (κ3) is 4.22. The van der Waals surface area contributed by atoms with E-state index in [0.717, 1.165) is 44.2 Å². The molecule has 1 aliphatic rings. The van der Waals surface area contributed by atoms with E-state index >= 15 is 0 Å². The van der Waals surface area contributed by atoms with Crippen LogP contribution < -0.4 is 5.46 Å². The molecule has 214 valence electrons. The summed E-state index contributed by atoms with van der Waals surface area (Å²) in [5.74, 6) is 0. The summed E-state index contributed by atoms with van der Waals surface area (Å²) < 4.78 is 21.8. The Hall–Kier alpha value is -4.32. The summed E-state index contributed by atoms with van der Waals surface area (Å²) in [6, 6.07) is 38.5. The topological polar surface area (TPSA) is 36.5 Å². The summed E-state index contributed by atoms with van der Waals surface area (Å²) in [6.07, 6.45) is 0. The Bertz CT molecular complexity index is 2100. The minimum Gasteiger partial charge on any atom is -0.455 e. The highest BCUT2D eigenvalue weighted by molar-refractivity contribution is 6.66. The molecule has 4 nitrogen and oxygen atoms in total. The molecule has 0 radical (unpaired) electrons. The second kappa shape index (κ2) is 10.2. The van der Waals surface area contributed by atoms with Crippen molar-refractivity contribution in [2.24, 2.45) is 0 Å². The van der Waals surface area contributed by atoms with Gasteiger partial charge >= 0.3 is 7.12 Å². The first-order chi connectivity index (χ1) is 20.8. The van der Waals surface area contributed by atoms with Crippen LogP contribution in [0.3, 0.4) is 0 Å². The van der Waals surface area contributed by atoms with Gasteiger partial charge in [-0.05, 0) is 75.1 Å². The zero-order chi connectivity index (χ0) is 29.9. The molecule has 0 atom stereocenters. The Morgan fingerprint density at radius 2 is 1.26 bits per heavy atom. The molecule has 0 amide bonds.